The maximum Gasteiger partial charge on any atom is 0.234 e. The molecular weight excluding hydrogens is 344 g/mol. The largest absolute Gasteiger partial charge is 0.325 e. The number of carbonyl (C=O) groups is 2. The number of fused-ring (bicyclic) bond motifs is 1. The van der Waals surface area contributed by atoms with E-state index < -0.39 is 0 Å². The lowest BCUT2D eigenvalue weighted by molar-refractivity contribution is -0.113. The van der Waals surface area contributed by atoms with E-state index in [2.05, 4.69) is 18.3 Å². The van der Waals surface area contributed by atoms with Crippen LogP contribution in [-0.2, 0) is 11.2 Å². The van der Waals surface area contributed by atoms with Crippen LogP contribution in [0.15, 0.2) is 59.6 Å². The Hall–Kier alpha value is -2.66. The van der Waals surface area contributed by atoms with Crippen LogP contribution in [0.25, 0.3) is 10.9 Å². The summed E-state index contributed by atoms with van der Waals surface area (Å²) in [4.78, 5) is 28.4. The third-order valence-electron chi connectivity index (χ3n) is 4.04. The van der Waals surface area contributed by atoms with Crippen molar-refractivity contribution in [1.82, 2.24) is 4.98 Å². The van der Waals surface area contributed by atoms with Crippen LogP contribution in [0.1, 0.15) is 29.8 Å². The first-order valence-electron chi connectivity index (χ1n) is 8.49. The second-order valence-electron chi connectivity index (χ2n) is 5.97. The SMILES string of the molecule is CCc1cc2ccccc2nc1SCC(=O)Nc1cccc(C(C)=O)c1. The Morgan fingerprint density at radius 2 is 1.88 bits per heavy atom. The molecule has 0 fully saturated rings. The molecule has 1 amide bonds. The zero-order valence-corrected chi connectivity index (χ0v) is 15.6. The van der Waals surface area contributed by atoms with E-state index in [0.717, 1.165) is 27.9 Å². The van der Waals surface area contributed by atoms with Crippen molar-refractivity contribution >= 4 is 40.0 Å². The Balaban J connectivity index is 1.70. The molecule has 3 rings (SSSR count). The Morgan fingerprint density at radius 1 is 1.08 bits per heavy atom. The normalized spacial score (nSPS) is 10.7. The van der Waals surface area contributed by atoms with E-state index in [1.807, 2.05) is 24.3 Å². The molecule has 3 aromatic rings. The summed E-state index contributed by atoms with van der Waals surface area (Å²) in [6.45, 7) is 3.59. The predicted molar refractivity (Wildman–Crippen MR) is 107 cm³/mol. The topological polar surface area (TPSA) is 59.1 Å². The van der Waals surface area contributed by atoms with E-state index >= 15 is 0 Å². The smallest absolute Gasteiger partial charge is 0.234 e. The Labute approximate surface area is 157 Å². The number of benzene rings is 2. The van der Waals surface area contributed by atoms with Gasteiger partial charge in [-0.05, 0) is 43.2 Å². The number of aryl methyl sites for hydroxylation is 1. The number of para-hydroxylation sites is 1. The molecular formula is C21H20N2O2S. The van der Waals surface area contributed by atoms with E-state index in [1.165, 1.54) is 18.7 Å². The monoisotopic (exact) mass is 364 g/mol. The highest BCUT2D eigenvalue weighted by atomic mass is 32.2. The average Bonchev–Trinajstić information content (AvgIpc) is 2.65. The van der Waals surface area contributed by atoms with Crippen LogP contribution < -0.4 is 5.32 Å². The molecule has 1 aromatic heterocycles. The van der Waals surface area contributed by atoms with Crippen molar-refractivity contribution in [2.24, 2.45) is 0 Å². The number of anilines is 1. The number of nitrogens with one attached hydrogen (secondary N) is 1. The number of carbonyl (C=O) groups excluding carboxylic acids is 2. The Morgan fingerprint density at radius 3 is 2.65 bits per heavy atom. The maximum absolute atomic E-state index is 12.3. The van der Waals surface area contributed by atoms with E-state index in [-0.39, 0.29) is 17.4 Å². The molecule has 2 aromatic carbocycles. The van der Waals surface area contributed by atoms with Crippen LogP contribution in [-0.4, -0.2) is 22.4 Å². The fourth-order valence-corrected chi connectivity index (χ4v) is 3.56. The number of aromatic nitrogens is 1. The van der Waals surface area contributed by atoms with Gasteiger partial charge in [0.2, 0.25) is 5.91 Å². The summed E-state index contributed by atoms with van der Waals surface area (Å²) in [6, 6.07) is 17.1. The fourth-order valence-electron chi connectivity index (χ4n) is 2.67. The highest BCUT2D eigenvalue weighted by Gasteiger charge is 2.10. The number of thioether (sulfide) groups is 1. The van der Waals surface area contributed by atoms with Gasteiger partial charge < -0.3 is 5.32 Å². The van der Waals surface area contributed by atoms with Crippen LogP contribution in [0, 0.1) is 0 Å². The molecule has 0 saturated carbocycles. The van der Waals surface area contributed by atoms with E-state index in [1.54, 1.807) is 24.3 Å². The lowest BCUT2D eigenvalue weighted by Gasteiger charge is -2.10. The number of nitrogens with zero attached hydrogens (tertiary/aromatic N) is 1. The minimum atomic E-state index is -0.118. The van der Waals surface area contributed by atoms with Gasteiger partial charge in [-0.25, -0.2) is 4.98 Å². The van der Waals surface area contributed by atoms with Gasteiger partial charge in [-0.2, -0.15) is 0 Å². The molecule has 0 aliphatic heterocycles. The number of hydrogen-bond donors (Lipinski definition) is 1. The van der Waals surface area contributed by atoms with Crippen molar-refractivity contribution in [2.75, 3.05) is 11.1 Å². The molecule has 0 spiro atoms. The van der Waals surface area contributed by atoms with Crippen LogP contribution in [0.5, 0.6) is 0 Å². The van der Waals surface area contributed by atoms with Crippen molar-refractivity contribution in [2.45, 2.75) is 25.3 Å². The maximum atomic E-state index is 12.3. The van der Waals surface area contributed by atoms with Crippen LogP contribution in [0.4, 0.5) is 5.69 Å². The molecule has 5 heteroatoms. The molecule has 0 atom stereocenters. The number of ketones is 1. The number of rotatable bonds is 6. The molecule has 1 N–H and O–H groups in total. The summed E-state index contributed by atoms with van der Waals surface area (Å²) < 4.78 is 0. The standard InChI is InChI=1S/C21H20N2O2S/c1-3-15-11-17-7-4-5-10-19(17)23-21(15)26-13-20(25)22-18-9-6-8-16(12-18)14(2)24/h4-12H,3,13H2,1-2H3,(H,22,25). The number of Topliss-reactive ketones (excluding diaryl/α,β-unsaturated/α-hetero) is 1. The van der Waals surface area contributed by atoms with E-state index in [0.29, 0.717) is 11.3 Å². The third kappa shape index (κ3) is 4.29. The molecule has 0 unspecified atom stereocenters. The van der Waals surface area contributed by atoms with Crippen molar-refractivity contribution in [1.29, 1.82) is 0 Å². The first-order chi connectivity index (χ1) is 12.6. The summed E-state index contributed by atoms with van der Waals surface area (Å²) in [7, 11) is 0. The van der Waals surface area contributed by atoms with E-state index in [9.17, 15) is 9.59 Å². The first-order valence-corrected chi connectivity index (χ1v) is 9.47. The van der Waals surface area contributed by atoms with Crippen molar-refractivity contribution in [3.8, 4) is 0 Å². The number of hydrogen-bond acceptors (Lipinski definition) is 4. The summed E-state index contributed by atoms with van der Waals surface area (Å²) in [5.41, 5.74) is 3.28. The van der Waals surface area contributed by atoms with Gasteiger partial charge in [-0.15, -0.1) is 0 Å². The number of amides is 1. The van der Waals surface area contributed by atoms with Crippen LogP contribution >= 0.6 is 11.8 Å². The molecule has 1 heterocycles. The molecule has 26 heavy (non-hydrogen) atoms. The predicted octanol–water partition coefficient (Wildman–Crippen LogP) is 4.73. The molecule has 0 aliphatic carbocycles. The van der Waals surface area contributed by atoms with Gasteiger partial charge in [-0.3, -0.25) is 9.59 Å². The minimum absolute atomic E-state index is 0.0246. The summed E-state index contributed by atoms with van der Waals surface area (Å²) in [5.74, 6) is 0.124. The molecule has 0 aliphatic rings. The fraction of sp³-hybridized carbons (Fsp3) is 0.190. The van der Waals surface area contributed by atoms with Crippen LogP contribution in [0.3, 0.4) is 0 Å². The zero-order chi connectivity index (χ0) is 18.5. The molecule has 0 saturated heterocycles. The first kappa shape index (κ1) is 18.1. The second kappa shape index (κ2) is 8.15. The summed E-state index contributed by atoms with van der Waals surface area (Å²) in [5, 5.41) is 4.84. The highest BCUT2D eigenvalue weighted by molar-refractivity contribution is 8.00. The Bertz CT molecular complexity index is 969. The molecule has 4 nitrogen and oxygen atoms in total. The van der Waals surface area contributed by atoms with Gasteiger partial charge >= 0.3 is 0 Å². The lowest BCUT2D eigenvalue weighted by atomic mass is 10.1. The quantitative estimate of drug-likeness (QED) is 0.507. The van der Waals surface area contributed by atoms with Crippen molar-refractivity contribution in [3.63, 3.8) is 0 Å². The van der Waals surface area contributed by atoms with Crippen molar-refractivity contribution in [3.05, 3.63) is 65.7 Å². The third-order valence-corrected chi connectivity index (χ3v) is 5.07. The van der Waals surface area contributed by atoms with E-state index in [4.69, 9.17) is 4.98 Å². The molecule has 0 bridgehead atoms. The Kier molecular flexibility index (Phi) is 5.68. The van der Waals surface area contributed by atoms with Crippen LogP contribution in [0.2, 0.25) is 0 Å². The highest BCUT2D eigenvalue weighted by Crippen LogP contribution is 2.25. The van der Waals surface area contributed by atoms with Gasteiger partial charge in [-0.1, -0.05) is 49.0 Å². The lowest BCUT2D eigenvalue weighted by Crippen LogP contribution is -2.14. The molecule has 0 radical (unpaired) electrons. The number of pyridine rings is 1. The second-order valence-corrected chi connectivity index (χ2v) is 6.94. The van der Waals surface area contributed by atoms with Crippen molar-refractivity contribution < 1.29 is 9.59 Å². The summed E-state index contributed by atoms with van der Waals surface area (Å²) >= 11 is 1.43. The minimum Gasteiger partial charge on any atom is -0.325 e. The van der Waals surface area contributed by atoms with Gasteiger partial charge in [0, 0.05) is 16.6 Å². The molecule has 132 valence electrons. The summed E-state index contributed by atoms with van der Waals surface area (Å²) in [6.07, 6.45) is 0.864. The zero-order valence-electron chi connectivity index (χ0n) is 14.8. The van der Waals surface area contributed by atoms with Gasteiger partial charge in [0.15, 0.2) is 5.78 Å². The van der Waals surface area contributed by atoms with Gasteiger partial charge in [0.1, 0.15) is 5.03 Å². The van der Waals surface area contributed by atoms with Gasteiger partial charge in [0.25, 0.3) is 0 Å². The average molecular weight is 364 g/mol. The van der Waals surface area contributed by atoms with Gasteiger partial charge in [0.05, 0.1) is 11.3 Å².